The lowest BCUT2D eigenvalue weighted by Gasteiger charge is -2.36. The molecule has 2 aromatic rings. The Balaban J connectivity index is 1.47. The van der Waals surface area contributed by atoms with E-state index in [0.717, 1.165) is 18.5 Å². The van der Waals surface area contributed by atoms with Gasteiger partial charge in [0.15, 0.2) is 0 Å². The molecule has 6 heteroatoms. The van der Waals surface area contributed by atoms with Crippen molar-refractivity contribution in [3.8, 4) is 11.5 Å². The highest BCUT2D eigenvalue weighted by Gasteiger charge is 2.28. The number of hydrogen-bond donors (Lipinski definition) is 0. The SMILES string of the molecule is CO[C@@H]1CN(C(=O)CCCc2nnc(-c3ccccc3)o2)CC[C@H]1C. The molecule has 1 aliphatic heterocycles. The summed E-state index contributed by atoms with van der Waals surface area (Å²) in [5.41, 5.74) is 0.908. The van der Waals surface area contributed by atoms with E-state index >= 15 is 0 Å². The first-order valence-corrected chi connectivity index (χ1v) is 8.85. The molecule has 2 heterocycles. The topological polar surface area (TPSA) is 68.5 Å². The average Bonchev–Trinajstić information content (AvgIpc) is 3.11. The fourth-order valence-corrected chi connectivity index (χ4v) is 3.17. The van der Waals surface area contributed by atoms with Crippen molar-refractivity contribution in [1.29, 1.82) is 0 Å². The van der Waals surface area contributed by atoms with Crippen molar-refractivity contribution in [3.63, 3.8) is 0 Å². The molecule has 3 rings (SSSR count). The van der Waals surface area contributed by atoms with E-state index < -0.39 is 0 Å². The zero-order chi connectivity index (χ0) is 17.6. The summed E-state index contributed by atoms with van der Waals surface area (Å²) in [7, 11) is 1.72. The number of carbonyl (C=O) groups is 1. The Hall–Kier alpha value is -2.21. The van der Waals surface area contributed by atoms with Crippen LogP contribution >= 0.6 is 0 Å². The third-order valence-corrected chi connectivity index (χ3v) is 4.81. The molecule has 0 N–H and O–H groups in total. The van der Waals surface area contributed by atoms with Crippen LogP contribution in [0.2, 0.25) is 0 Å². The number of hydrogen-bond acceptors (Lipinski definition) is 5. The summed E-state index contributed by atoms with van der Waals surface area (Å²) in [6.07, 6.45) is 2.95. The van der Waals surface area contributed by atoms with Crippen LogP contribution in [0.5, 0.6) is 0 Å². The molecule has 1 fully saturated rings. The van der Waals surface area contributed by atoms with Gasteiger partial charge in [-0.25, -0.2) is 0 Å². The predicted octanol–water partition coefficient (Wildman–Crippen LogP) is 2.94. The molecule has 1 aliphatic rings. The molecule has 0 spiro atoms. The first kappa shape index (κ1) is 17.6. The Labute approximate surface area is 148 Å². The van der Waals surface area contributed by atoms with Gasteiger partial charge in [-0.3, -0.25) is 4.79 Å². The van der Waals surface area contributed by atoms with E-state index in [4.69, 9.17) is 9.15 Å². The van der Waals surface area contributed by atoms with Gasteiger partial charge in [-0.15, -0.1) is 10.2 Å². The Morgan fingerprint density at radius 1 is 1.32 bits per heavy atom. The fourth-order valence-electron chi connectivity index (χ4n) is 3.17. The van der Waals surface area contributed by atoms with Crippen LogP contribution in [0, 0.1) is 5.92 Å². The largest absolute Gasteiger partial charge is 0.421 e. The summed E-state index contributed by atoms with van der Waals surface area (Å²) >= 11 is 0. The Bertz CT molecular complexity index is 686. The lowest BCUT2D eigenvalue weighted by molar-refractivity contribution is -0.136. The smallest absolute Gasteiger partial charge is 0.247 e. The van der Waals surface area contributed by atoms with E-state index in [-0.39, 0.29) is 12.0 Å². The molecule has 0 aliphatic carbocycles. The van der Waals surface area contributed by atoms with Crippen LogP contribution in [0.3, 0.4) is 0 Å². The van der Waals surface area contributed by atoms with Gasteiger partial charge in [0.2, 0.25) is 17.7 Å². The number of ether oxygens (including phenoxy) is 1. The summed E-state index contributed by atoms with van der Waals surface area (Å²) < 4.78 is 11.2. The first-order valence-electron chi connectivity index (χ1n) is 8.85. The lowest BCUT2D eigenvalue weighted by atomic mass is 9.95. The number of aromatic nitrogens is 2. The van der Waals surface area contributed by atoms with Gasteiger partial charge in [0.25, 0.3) is 0 Å². The molecule has 134 valence electrons. The van der Waals surface area contributed by atoms with E-state index in [1.807, 2.05) is 35.2 Å². The third kappa shape index (κ3) is 4.45. The summed E-state index contributed by atoms with van der Waals surface area (Å²) in [4.78, 5) is 14.3. The van der Waals surface area contributed by atoms with Crippen LogP contribution in [0.4, 0.5) is 0 Å². The number of aryl methyl sites for hydroxylation is 1. The molecule has 6 nitrogen and oxygen atoms in total. The summed E-state index contributed by atoms with van der Waals surface area (Å²) in [5.74, 6) is 1.78. The number of carbonyl (C=O) groups excluding carboxylic acids is 1. The second-order valence-electron chi connectivity index (χ2n) is 6.60. The van der Waals surface area contributed by atoms with E-state index in [1.165, 1.54) is 0 Å². The number of likely N-dealkylation sites (tertiary alicyclic amines) is 1. The fraction of sp³-hybridized carbons (Fsp3) is 0.526. The van der Waals surface area contributed by atoms with Gasteiger partial charge in [0.1, 0.15) is 0 Å². The number of methoxy groups -OCH3 is 1. The van der Waals surface area contributed by atoms with Crippen molar-refractivity contribution in [2.75, 3.05) is 20.2 Å². The van der Waals surface area contributed by atoms with E-state index in [1.54, 1.807) is 7.11 Å². The summed E-state index contributed by atoms with van der Waals surface area (Å²) in [6, 6.07) is 9.69. The van der Waals surface area contributed by atoms with E-state index in [0.29, 0.717) is 43.5 Å². The van der Waals surface area contributed by atoms with Gasteiger partial charge in [-0.05, 0) is 30.9 Å². The van der Waals surface area contributed by atoms with Crippen LogP contribution < -0.4 is 0 Å². The van der Waals surface area contributed by atoms with Crippen molar-refractivity contribution in [2.24, 2.45) is 5.92 Å². The maximum absolute atomic E-state index is 12.4. The molecular weight excluding hydrogens is 318 g/mol. The molecule has 0 bridgehead atoms. The Morgan fingerprint density at radius 3 is 2.88 bits per heavy atom. The molecule has 0 radical (unpaired) electrons. The standard InChI is InChI=1S/C19H25N3O3/c1-14-11-12-22(13-16(14)24-2)18(23)10-6-9-17-20-21-19(25-17)15-7-4-3-5-8-15/h3-5,7-8,14,16H,6,9-13H2,1-2H3/t14-,16-/m1/s1. The van der Waals surface area contributed by atoms with Gasteiger partial charge >= 0.3 is 0 Å². The Kier molecular flexibility index (Phi) is 5.81. The second kappa shape index (κ2) is 8.25. The van der Waals surface area contributed by atoms with Gasteiger partial charge in [-0.2, -0.15) is 0 Å². The lowest BCUT2D eigenvalue weighted by Crippen LogP contribution is -2.46. The number of amides is 1. The quantitative estimate of drug-likeness (QED) is 0.806. The third-order valence-electron chi connectivity index (χ3n) is 4.81. The van der Waals surface area contributed by atoms with Crippen LogP contribution in [0.25, 0.3) is 11.5 Å². The summed E-state index contributed by atoms with van der Waals surface area (Å²) in [5, 5.41) is 8.15. The number of rotatable bonds is 6. The molecule has 25 heavy (non-hydrogen) atoms. The molecular formula is C19H25N3O3. The molecule has 2 atom stereocenters. The summed E-state index contributed by atoms with van der Waals surface area (Å²) in [6.45, 7) is 3.68. The average molecular weight is 343 g/mol. The zero-order valence-corrected chi connectivity index (χ0v) is 14.9. The minimum atomic E-state index is 0.141. The normalized spacial score (nSPS) is 20.6. The number of benzene rings is 1. The maximum Gasteiger partial charge on any atom is 0.247 e. The van der Waals surface area contributed by atoms with E-state index in [2.05, 4.69) is 17.1 Å². The molecule has 1 aromatic carbocycles. The molecule has 1 aromatic heterocycles. The molecule has 0 unspecified atom stereocenters. The monoisotopic (exact) mass is 343 g/mol. The molecule has 1 amide bonds. The van der Waals surface area contributed by atoms with Crippen LogP contribution in [-0.4, -0.2) is 47.3 Å². The predicted molar refractivity (Wildman–Crippen MR) is 93.8 cm³/mol. The minimum absolute atomic E-state index is 0.141. The van der Waals surface area contributed by atoms with Crippen molar-refractivity contribution in [3.05, 3.63) is 36.2 Å². The highest BCUT2D eigenvalue weighted by atomic mass is 16.5. The maximum atomic E-state index is 12.4. The van der Waals surface area contributed by atoms with Crippen molar-refractivity contribution in [1.82, 2.24) is 15.1 Å². The van der Waals surface area contributed by atoms with Crippen molar-refractivity contribution >= 4 is 5.91 Å². The van der Waals surface area contributed by atoms with Gasteiger partial charge in [-0.1, -0.05) is 25.1 Å². The van der Waals surface area contributed by atoms with Crippen LogP contribution in [0.15, 0.2) is 34.7 Å². The van der Waals surface area contributed by atoms with Crippen molar-refractivity contribution < 1.29 is 13.9 Å². The van der Waals surface area contributed by atoms with Gasteiger partial charge < -0.3 is 14.1 Å². The Morgan fingerprint density at radius 2 is 2.12 bits per heavy atom. The van der Waals surface area contributed by atoms with Crippen LogP contribution in [-0.2, 0) is 16.0 Å². The van der Waals surface area contributed by atoms with Crippen LogP contribution in [0.1, 0.15) is 32.1 Å². The molecule has 1 saturated heterocycles. The zero-order valence-electron chi connectivity index (χ0n) is 14.9. The number of piperidine rings is 1. The first-order chi connectivity index (χ1) is 12.2. The minimum Gasteiger partial charge on any atom is -0.421 e. The number of nitrogens with zero attached hydrogens (tertiary/aromatic N) is 3. The van der Waals surface area contributed by atoms with Gasteiger partial charge in [0, 0.05) is 38.6 Å². The highest BCUT2D eigenvalue weighted by Crippen LogP contribution is 2.21. The van der Waals surface area contributed by atoms with Crippen molar-refractivity contribution in [2.45, 2.75) is 38.7 Å². The second-order valence-corrected chi connectivity index (χ2v) is 6.60. The highest BCUT2D eigenvalue weighted by molar-refractivity contribution is 5.76. The van der Waals surface area contributed by atoms with Gasteiger partial charge in [0.05, 0.1) is 6.10 Å². The van der Waals surface area contributed by atoms with E-state index in [9.17, 15) is 4.79 Å². The molecule has 0 saturated carbocycles.